The molecule has 4 nitrogen and oxygen atoms in total. The van der Waals surface area contributed by atoms with E-state index in [9.17, 15) is 0 Å². The van der Waals surface area contributed by atoms with Gasteiger partial charge >= 0.3 is 0 Å². The number of benzene rings is 1. The van der Waals surface area contributed by atoms with Crippen molar-refractivity contribution in [2.45, 2.75) is 40.7 Å². The molecule has 1 heterocycles. The van der Waals surface area contributed by atoms with Crippen LogP contribution in [0.4, 0.5) is 0 Å². The first-order chi connectivity index (χ1) is 11.5. The molecule has 2 aromatic rings. The highest BCUT2D eigenvalue weighted by Gasteiger charge is 2.08. The van der Waals surface area contributed by atoms with Gasteiger partial charge in [0.05, 0.1) is 5.56 Å². The Morgan fingerprint density at radius 3 is 2.62 bits per heavy atom. The maximum atomic E-state index is 8.81. The van der Waals surface area contributed by atoms with Gasteiger partial charge in [0, 0.05) is 18.8 Å². The van der Waals surface area contributed by atoms with Crippen LogP contribution in [0, 0.1) is 31.1 Å². The molecule has 0 spiro atoms. The summed E-state index contributed by atoms with van der Waals surface area (Å²) in [5, 5.41) is 12.3. The van der Waals surface area contributed by atoms with Gasteiger partial charge in [-0.15, -0.1) is 0 Å². The van der Waals surface area contributed by atoms with Crippen molar-refractivity contribution in [1.82, 2.24) is 10.3 Å². The van der Waals surface area contributed by atoms with Crippen LogP contribution in [0.1, 0.15) is 42.5 Å². The third-order valence-corrected chi connectivity index (χ3v) is 3.93. The van der Waals surface area contributed by atoms with E-state index in [4.69, 9.17) is 10.00 Å². The molecular weight excluding hydrogens is 298 g/mol. The van der Waals surface area contributed by atoms with E-state index >= 15 is 0 Å². The molecule has 0 amide bonds. The summed E-state index contributed by atoms with van der Waals surface area (Å²) in [6.07, 6.45) is 2.70. The monoisotopic (exact) mass is 323 g/mol. The normalized spacial score (nSPS) is 10.7. The highest BCUT2D eigenvalue weighted by Crippen LogP contribution is 2.27. The summed E-state index contributed by atoms with van der Waals surface area (Å²) in [6, 6.07) is 9.69. The van der Waals surface area contributed by atoms with Crippen LogP contribution < -0.4 is 10.1 Å². The van der Waals surface area contributed by atoms with E-state index in [1.165, 1.54) is 23.7 Å². The molecule has 0 radical (unpaired) electrons. The average molecular weight is 323 g/mol. The van der Waals surface area contributed by atoms with E-state index in [1.807, 2.05) is 6.92 Å². The second-order valence-corrected chi connectivity index (χ2v) is 6.50. The van der Waals surface area contributed by atoms with Gasteiger partial charge in [0.1, 0.15) is 11.8 Å². The molecular formula is C20H25N3O. The lowest BCUT2D eigenvalue weighted by Gasteiger charge is -2.14. The smallest absolute Gasteiger partial charge is 0.219 e. The number of aromatic nitrogens is 1. The molecule has 0 atom stereocenters. The molecule has 0 aliphatic rings. The fraction of sp³-hybridized carbons (Fsp3) is 0.400. The van der Waals surface area contributed by atoms with E-state index in [0.717, 1.165) is 30.3 Å². The van der Waals surface area contributed by atoms with Gasteiger partial charge < -0.3 is 10.1 Å². The second kappa shape index (κ2) is 8.47. The van der Waals surface area contributed by atoms with Gasteiger partial charge in [-0.05, 0) is 61.6 Å². The van der Waals surface area contributed by atoms with Crippen molar-refractivity contribution in [2.24, 2.45) is 5.92 Å². The largest absolute Gasteiger partial charge is 0.439 e. The van der Waals surface area contributed by atoms with E-state index in [2.05, 4.69) is 49.3 Å². The number of aryl methyl sites for hydroxylation is 2. The zero-order valence-corrected chi connectivity index (χ0v) is 14.9. The summed E-state index contributed by atoms with van der Waals surface area (Å²) in [6.45, 7) is 10.5. The lowest BCUT2D eigenvalue weighted by atomic mass is 10.0. The maximum absolute atomic E-state index is 8.81. The van der Waals surface area contributed by atoms with Crippen LogP contribution in [0.25, 0.3) is 0 Å². The molecule has 1 aromatic heterocycles. The third-order valence-electron chi connectivity index (χ3n) is 3.93. The number of nitrogens with zero attached hydrogens (tertiary/aromatic N) is 2. The highest BCUT2D eigenvalue weighted by atomic mass is 16.5. The lowest BCUT2D eigenvalue weighted by molar-refractivity contribution is 0.458. The van der Waals surface area contributed by atoms with Crippen molar-refractivity contribution in [1.29, 1.82) is 5.26 Å². The average Bonchev–Trinajstić information content (AvgIpc) is 2.56. The topological polar surface area (TPSA) is 57.9 Å². The van der Waals surface area contributed by atoms with Crippen LogP contribution in [0.5, 0.6) is 11.6 Å². The van der Waals surface area contributed by atoms with Gasteiger partial charge in [0.25, 0.3) is 0 Å². The van der Waals surface area contributed by atoms with Crippen molar-refractivity contribution < 1.29 is 4.74 Å². The van der Waals surface area contributed by atoms with Crippen LogP contribution in [-0.2, 0) is 6.54 Å². The predicted molar refractivity (Wildman–Crippen MR) is 96.1 cm³/mol. The summed E-state index contributed by atoms with van der Waals surface area (Å²) >= 11 is 0. The Hall–Kier alpha value is -2.38. The van der Waals surface area contributed by atoms with Crippen molar-refractivity contribution >= 4 is 0 Å². The zero-order valence-electron chi connectivity index (χ0n) is 14.9. The van der Waals surface area contributed by atoms with Crippen molar-refractivity contribution in [2.75, 3.05) is 6.54 Å². The van der Waals surface area contributed by atoms with E-state index in [0.29, 0.717) is 11.4 Å². The molecule has 0 fully saturated rings. The number of nitriles is 1. The van der Waals surface area contributed by atoms with Crippen LogP contribution in [0.3, 0.4) is 0 Å². The van der Waals surface area contributed by atoms with Gasteiger partial charge in [0.2, 0.25) is 5.88 Å². The molecule has 2 rings (SSSR count). The van der Waals surface area contributed by atoms with Crippen molar-refractivity contribution in [3.63, 3.8) is 0 Å². The molecule has 0 aliphatic carbocycles. The third kappa shape index (κ3) is 5.07. The Morgan fingerprint density at radius 1 is 1.21 bits per heavy atom. The molecule has 0 unspecified atom stereocenters. The fourth-order valence-corrected chi connectivity index (χ4v) is 2.38. The molecule has 0 saturated carbocycles. The predicted octanol–water partition coefficient (Wildman–Crippen LogP) is 4.50. The summed E-state index contributed by atoms with van der Waals surface area (Å²) in [4.78, 5) is 4.16. The SMILES string of the molecule is Cc1cc(Oc2ccc(C#N)cn2)c(C)cc1CNCCC(C)C. The highest BCUT2D eigenvalue weighted by molar-refractivity contribution is 5.43. The molecule has 24 heavy (non-hydrogen) atoms. The molecule has 0 aliphatic heterocycles. The lowest BCUT2D eigenvalue weighted by Crippen LogP contribution is -2.17. The minimum Gasteiger partial charge on any atom is -0.439 e. The summed E-state index contributed by atoms with van der Waals surface area (Å²) < 4.78 is 5.86. The van der Waals surface area contributed by atoms with Crippen LogP contribution >= 0.6 is 0 Å². The molecule has 1 aromatic carbocycles. The summed E-state index contributed by atoms with van der Waals surface area (Å²) in [7, 11) is 0. The van der Waals surface area contributed by atoms with Gasteiger partial charge in [-0.3, -0.25) is 0 Å². The first-order valence-corrected chi connectivity index (χ1v) is 8.34. The molecule has 0 saturated heterocycles. The number of ether oxygens (including phenoxy) is 1. The Labute approximate surface area is 144 Å². The maximum Gasteiger partial charge on any atom is 0.219 e. The van der Waals surface area contributed by atoms with Crippen LogP contribution in [-0.4, -0.2) is 11.5 Å². The minimum atomic E-state index is 0.499. The van der Waals surface area contributed by atoms with Gasteiger partial charge in [-0.25, -0.2) is 4.98 Å². The molecule has 126 valence electrons. The van der Waals surface area contributed by atoms with Gasteiger partial charge in [-0.2, -0.15) is 5.26 Å². The first-order valence-electron chi connectivity index (χ1n) is 8.34. The van der Waals surface area contributed by atoms with Gasteiger partial charge in [0.15, 0.2) is 0 Å². The Balaban J connectivity index is 2.04. The van der Waals surface area contributed by atoms with Crippen molar-refractivity contribution in [3.05, 3.63) is 52.7 Å². The Morgan fingerprint density at radius 2 is 2.00 bits per heavy atom. The van der Waals surface area contributed by atoms with E-state index in [1.54, 1.807) is 12.1 Å². The number of pyridine rings is 1. The standard InChI is InChI=1S/C20H25N3O/c1-14(2)7-8-22-13-18-9-16(4)19(10-15(18)3)24-20-6-5-17(11-21)12-23-20/h5-6,9-10,12,14,22H,7-8,13H2,1-4H3. The van der Waals surface area contributed by atoms with Gasteiger partial charge in [-0.1, -0.05) is 19.9 Å². The fourth-order valence-electron chi connectivity index (χ4n) is 2.38. The van der Waals surface area contributed by atoms with Crippen LogP contribution in [0.2, 0.25) is 0 Å². The number of rotatable bonds is 7. The Bertz CT molecular complexity index is 715. The molecule has 4 heteroatoms. The summed E-state index contributed by atoms with van der Waals surface area (Å²) in [5.74, 6) is 2.02. The summed E-state index contributed by atoms with van der Waals surface area (Å²) in [5.41, 5.74) is 4.09. The second-order valence-electron chi connectivity index (χ2n) is 6.50. The number of hydrogen-bond acceptors (Lipinski definition) is 4. The Kier molecular flexibility index (Phi) is 6.34. The minimum absolute atomic E-state index is 0.499. The van der Waals surface area contributed by atoms with E-state index < -0.39 is 0 Å². The first kappa shape index (κ1) is 18.0. The molecule has 0 bridgehead atoms. The van der Waals surface area contributed by atoms with E-state index in [-0.39, 0.29) is 0 Å². The quantitative estimate of drug-likeness (QED) is 0.762. The van der Waals surface area contributed by atoms with Crippen LogP contribution in [0.15, 0.2) is 30.5 Å². The zero-order chi connectivity index (χ0) is 17.5. The number of nitrogens with one attached hydrogen (secondary N) is 1. The molecule has 1 N–H and O–H groups in total. The number of hydrogen-bond donors (Lipinski definition) is 1. The van der Waals surface area contributed by atoms with Crippen molar-refractivity contribution in [3.8, 4) is 17.7 Å².